The van der Waals surface area contributed by atoms with Gasteiger partial charge in [0.2, 0.25) is 15.9 Å². The number of hydrogen-bond acceptors (Lipinski definition) is 6. The first-order valence-electron chi connectivity index (χ1n) is 13.4. The Hall–Kier alpha value is -3.42. The molecule has 0 spiro atoms. The van der Waals surface area contributed by atoms with Crippen molar-refractivity contribution in [3.05, 3.63) is 71.0 Å². The van der Waals surface area contributed by atoms with Crippen molar-refractivity contribution in [1.82, 2.24) is 4.31 Å². The Morgan fingerprint density at radius 2 is 1.90 bits per heavy atom. The van der Waals surface area contributed by atoms with Crippen molar-refractivity contribution in [1.29, 1.82) is 0 Å². The minimum absolute atomic E-state index is 0.0491. The average Bonchev–Trinajstić information content (AvgIpc) is 3.37. The standard InChI is InChI=1S/C29H31F3N2O6S2/c1-3-9-20(10-4-2)25-16-23(27(41-25)28(36)37)34-24(19-11-6-5-7-12-19)17-33(18-26(34)35)42(38,39)22-14-8-13-21(15-22)40-29(30,31)32/h3-4,8-10,13-16,19,24H,1,5-7,11-12,17-18H2,2H3,(H,36,37). The molecule has 2 aromatic rings. The largest absolute Gasteiger partial charge is 0.573 e. The minimum Gasteiger partial charge on any atom is -0.477 e. The fourth-order valence-electron chi connectivity index (χ4n) is 5.50. The number of carboxylic acid groups (broad SMARTS) is 1. The lowest BCUT2D eigenvalue weighted by atomic mass is 9.82. The first-order valence-corrected chi connectivity index (χ1v) is 15.6. The van der Waals surface area contributed by atoms with E-state index in [9.17, 15) is 36.3 Å². The van der Waals surface area contributed by atoms with Crippen LogP contribution in [0.5, 0.6) is 5.75 Å². The third kappa shape index (κ3) is 6.96. The van der Waals surface area contributed by atoms with Crippen LogP contribution in [0.3, 0.4) is 0 Å². The summed E-state index contributed by atoms with van der Waals surface area (Å²) in [5.74, 6) is -2.63. The predicted octanol–water partition coefficient (Wildman–Crippen LogP) is 6.48. The van der Waals surface area contributed by atoms with Crippen molar-refractivity contribution in [3.8, 4) is 5.75 Å². The van der Waals surface area contributed by atoms with Gasteiger partial charge in [0, 0.05) is 17.5 Å². The number of aromatic carboxylic acids is 1. The van der Waals surface area contributed by atoms with E-state index in [4.69, 9.17) is 0 Å². The van der Waals surface area contributed by atoms with Gasteiger partial charge in [-0.3, -0.25) is 4.79 Å². The van der Waals surface area contributed by atoms with Gasteiger partial charge in [0.25, 0.3) is 0 Å². The lowest BCUT2D eigenvalue weighted by molar-refractivity contribution is -0.274. The number of alkyl halides is 3. The number of benzene rings is 1. The van der Waals surface area contributed by atoms with E-state index in [1.165, 1.54) is 4.90 Å². The number of anilines is 1. The highest BCUT2D eigenvalue weighted by Gasteiger charge is 2.44. The van der Waals surface area contributed by atoms with Crippen LogP contribution < -0.4 is 9.64 Å². The molecule has 2 heterocycles. The zero-order valence-electron chi connectivity index (χ0n) is 22.8. The molecule has 1 aliphatic carbocycles. The van der Waals surface area contributed by atoms with Crippen LogP contribution in [0.2, 0.25) is 0 Å². The van der Waals surface area contributed by atoms with Crippen LogP contribution in [0, 0.1) is 5.92 Å². The summed E-state index contributed by atoms with van der Waals surface area (Å²) in [6.07, 6.45) is 6.06. The smallest absolute Gasteiger partial charge is 0.477 e. The summed E-state index contributed by atoms with van der Waals surface area (Å²) >= 11 is 1.01. The SMILES string of the molecule is C=CC=C(C=CC)c1cc(N2C(=O)CN(S(=O)(=O)c3cccc(OC(F)(F)F)c3)CC2C2CCCCC2)c(C(=O)O)s1. The Balaban J connectivity index is 1.76. The van der Waals surface area contributed by atoms with Gasteiger partial charge in [-0.25, -0.2) is 13.2 Å². The molecule has 1 saturated carbocycles. The predicted molar refractivity (Wildman–Crippen MR) is 154 cm³/mol. The van der Waals surface area contributed by atoms with E-state index in [0.29, 0.717) is 10.5 Å². The number of ether oxygens (including phenoxy) is 1. The second-order valence-corrected chi connectivity index (χ2v) is 13.0. The first-order chi connectivity index (χ1) is 19.9. The Morgan fingerprint density at radius 1 is 1.19 bits per heavy atom. The van der Waals surface area contributed by atoms with Gasteiger partial charge in [0.05, 0.1) is 23.2 Å². The normalized spacial score (nSPS) is 19.8. The molecular formula is C29H31F3N2O6S2. The van der Waals surface area contributed by atoms with Crippen molar-refractivity contribution in [2.24, 2.45) is 5.92 Å². The van der Waals surface area contributed by atoms with Crippen LogP contribution in [0.15, 0.2) is 66.1 Å². The van der Waals surface area contributed by atoms with Crippen LogP contribution in [0.4, 0.5) is 18.9 Å². The highest BCUT2D eigenvalue weighted by atomic mass is 32.2. The van der Waals surface area contributed by atoms with Crippen molar-refractivity contribution in [2.45, 2.75) is 56.3 Å². The number of thiophene rings is 1. The molecule has 13 heteroatoms. The van der Waals surface area contributed by atoms with Crippen LogP contribution in [0.1, 0.15) is 53.6 Å². The number of piperazine rings is 1. The number of halogens is 3. The van der Waals surface area contributed by atoms with E-state index < -0.39 is 51.5 Å². The molecule has 226 valence electrons. The Labute approximate surface area is 246 Å². The summed E-state index contributed by atoms with van der Waals surface area (Å²) in [4.78, 5) is 27.7. The summed E-state index contributed by atoms with van der Waals surface area (Å²) in [5.41, 5.74) is 0.898. The number of carbonyl (C=O) groups excluding carboxylic acids is 1. The van der Waals surface area contributed by atoms with E-state index in [1.807, 2.05) is 6.92 Å². The van der Waals surface area contributed by atoms with Crippen LogP contribution in [0.25, 0.3) is 5.57 Å². The number of hydrogen-bond donors (Lipinski definition) is 1. The van der Waals surface area contributed by atoms with Crippen molar-refractivity contribution < 1.29 is 41.0 Å². The van der Waals surface area contributed by atoms with Gasteiger partial charge in [-0.05, 0) is 49.5 Å². The molecule has 0 bridgehead atoms. The number of amides is 1. The molecule has 1 N–H and O–H groups in total. The molecule has 1 atom stereocenters. The molecular weight excluding hydrogens is 593 g/mol. The summed E-state index contributed by atoms with van der Waals surface area (Å²) in [6.45, 7) is 4.78. The quantitative estimate of drug-likeness (QED) is 0.321. The van der Waals surface area contributed by atoms with Gasteiger partial charge in [0.1, 0.15) is 10.6 Å². The number of sulfonamides is 1. The molecule has 0 radical (unpaired) electrons. The van der Waals surface area contributed by atoms with E-state index in [2.05, 4.69) is 11.3 Å². The van der Waals surface area contributed by atoms with E-state index in [0.717, 1.165) is 72.0 Å². The topological polar surface area (TPSA) is 104 Å². The maximum Gasteiger partial charge on any atom is 0.573 e. The molecule has 2 fully saturated rings. The van der Waals surface area contributed by atoms with Crippen molar-refractivity contribution >= 4 is 44.5 Å². The molecule has 1 amide bonds. The third-order valence-corrected chi connectivity index (χ3v) is 10.2. The first kappa shape index (κ1) is 31.5. The van der Waals surface area contributed by atoms with Gasteiger partial charge < -0.3 is 14.7 Å². The molecule has 1 aliphatic heterocycles. The van der Waals surface area contributed by atoms with E-state index in [-0.39, 0.29) is 23.0 Å². The monoisotopic (exact) mass is 624 g/mol. The maximum absolute atomic E-state index is 13.8. The average molecular weight is 625 g/mol. The number of carbonyl (C=O) groups is 2. The van der Waals surface area contributed by atoms with Crippen LogP contribution in [-0.2, 0) is 14.8 Å². The fraction of sp³-hybridized carbons (Fsp3) is 0.379. The van der Waals surface area contributed by atoms with Crippen LogP contribution >= 0.6 is 11.3 Å². The lowest BCUT2D eigenvalue weighted by Gasteiger charge is -2.44. The number of nitrogens with zero attached hydrogens (tertiary/aromatic N) is 2. The van der Waals surface area contributed by atoms with Gasteiger partial charge in [-0.15, -0.1) is 24.5 Å². The van der Waals surface area contributed by atoms with Crippen molar-refractivity contribution in [2.75, 3.05) is 18.0 Å². The highest BCUT2D eigenvalue weighted by molar-refractivity contribution is 7.89. The van der Waals surface area contributed by atoms with Crippen molar-refractivity contribution in [3.63, 3.8) is 0 Å². The van der Waals surface area contributed by atoms with Gasteiger partial charge in [0.15, 0.2) is 0 Å². The Morgan fingerprint density at radius 3 is 2.52 bits per heavy atom. The minimum atomic E-state index is -5.01. The number of allylic oxidation sites excluding steroid dienone is 5. The fourth-order valence-corrected chi connectivity index (χ4v) is 7.94. The summed E-state index contributed by atoms with van der Waals surface area (Å²) in [6, 6.07) is 5.01. The van der Waals surface area contributed by atoms with Crippen LogP contribution in [-0.4, -0.2) is 55.2 Å². The van der Waals surface area contributed by atoms with Gasteiger partial charge in [-0.2, -0.15) is 4.31 Å². The second-order valence-electron chi connectivity index (χ2n) is 10.0. The summed E-state index contributed by atoms with van der Waals surface area (Å²) < 4.78 is 70.5. The number of carboxylic acids is 1. The Kier molecular flexibility index (Phi) is 9.63. The molecule has 2 aliphatic rings. The highest BCUT2D eigenvalue weighted by Crippen LogP contribution is 2.41. The molecule has 1 saturated heterocycles. The maximum atomic E-state index is 13.8. The summed E-state index contributed by atoms with van der Waals surface area (Å²) in [7, 11) is -4.40. The molecule has 1 unspecified atom stereocenters. The molecule has 1 aromatic carbocycles. The second kappa shape index (κ2) is 12.8. The van der Waals surface area contributed by atoms with Gasteiger partial charge >= 0.3 is 12.3 Å². The molecule has 42 heavy (non-hydrogen) atoms. The van der Waals surface area contributed by atoms with E-state index in [1.54, 1.807) is 30.4 Å². The third-order valence-electron chi connectivity index (χ3n) is 7.27. The summed E-state index contributed by atoms with van der Waals surface area (Å²) in [5, 5.41) is 10.1. The number of rotatable bonds is 9. The molecule has 1 aromatic heterocycles. The zero-order chi connectivity index (χ0) is 30.7. The molecule has 8 nitrogen and oxygen atoms in total. The zero-order valence-corrected chi connectivity index (χ0v) is 24.5. The van der Waals surface area contributed by atoms with E-state index >= 15 is 0 Å². The van der Waals surface area contributed by atoms with Gasteiger partial charge in [-0.1, -0.05) is 56.2 Å². The molecule has 4 rings (SSSR count). The lowest BCUT2D eigenvalue weighted by Crippen LogP contribution is -2.60. The Bertz CT molecular complexity index is 1510.